The van der Waals surface area contributed by atoms with Crippen LogP contribution in [0, 0.1) is 5.92 Å². The number of aryl methyl sites for hydroxylation is 1. The van der Waals surface area contributed by atoms with Gasteiger partial charge in [0.1, 0.15) is 5.82 Å². The standard InChI is InChI=1S/C32H36BrN5O/c1-2-24-8-3-5-11-29(24)36-18-20-37(21-19-36)32(39)25-9-7-17-35(22-25)23-31-34-28-10-4-6-12-30(28)38(31)27-15-13-26(33)14-16-27/h3-6,8,10-16,25H,2,7,9,17-23H2,1H3/t25-/m0/s1. The number of hydrogen-bond donors (Lipinski definition) is 0. The second-order valence-electron chi connectivity index (χ2n) is 10.7. The second kappa shape index (κ2) is 11.5. The summed E-state index contributed by atoms with van der Waals surface area (Å²) in [6.45, 7) is 8.12. The van der Waals surface area contributed by atoms with E-state index >= 15 is 0 Å². The van der Waals surface area contributed by atoms with Gasteiger partial charge in [0.05, 0.1) is 23.5 Å². The molecule has 1 amide bonds. The van der Waals surface area contributed by atoms with E-state index in [0.717, 1.165) is 92.1 Å². The average Bonchev–Trinajstić information content (AvgIpc) is 3.35. The van der Waals surface area contributed by atoms with Crippen LogP contribution in [0.5, 0.6) is 0 Å². The van der Waals surface area contributed by atoms with Crippen molar-refractivity contribution >= 4 is 38.6 Å². The van der Waals surface area contributed by atoms with E-state index in [1.807, 2.05) is 6.07 Å². The van der Waals surface area contributed by atoms with Gasteiger partial charge in [-0.2, -0.15) is 0 Å². The maximum Gasteiger partial charge on any atom is 0.227 e. The third kappa shape index (κ3) is 5.48. The van der Waals surface area contributed by atoms with Crippen LogP contribution < -0.4 is 4.90 Å². The molecule has 0 unspecified atom stereocenters. The number of para-hydroxylation sites is 3. The first-order valence-electron chi connectivity index (χ1n) is 14.2. The first-order chi connectivity index (χ1) is 19.1. The predicted molar refractivity (Wildman–Crippen MR) is 161 cm³/mol. The highest BCUT2D eigenvalue weighted by molar-refractivity contribution is 9.10. The summed E-state index contributed by atoms with van der Waals surface area (Å²) < 4.78 is 3.32. The van der Waals surface area contributed by atoms with Gasteiger partial charge in [-0.1, -0.05) is 53.2 Å². The molecule has 1 atom stereocenters. The third-order valence-corrected chi connectivity index (χ3v) is 8.77. The van der Waals surface area contributed by atoms with Crippen LogP contribution in [-0.2, 0) is 17.8 Å². The summed E-state index contributed by atoms with van der Waals surface area (Å²) in [5.41, 5.74) is 5.93. The number of carbonyl (C=O) groups excluding carboxylic acids is 1. The lowest BCUT2D eigenvalue weighted by atomic mass is 9.96. The molecule has 3 aromatic carbocycles. The van der Waals surface area contributed by atoms with E-state index in [9.17, 15) is 4.79 Å². The SMILES string of the molecule is CCc1ccccc1N1CCN(C(=O)[C@H]2CCCN(Cc3nc4ccccc4n3-c3ccc(Br)cc3)C2)CC1. The number of amides is 1. The van der Waals surface area contributed by atoms with Gasteiger partial charge in [-0.3, -0.25) is 14.3 Å². The van der Waals surface area contributed by atoms with Crippen molar-refractivity contribution in [2.75, 3.05) is 44.2 Å². The number of piperazine rings is 1. The van der Waals surface area contributed by atoms with Gasteiger partial charge in [-0.15, -0.1) is 0 Å². The zero-order chi connectivity index (χ0) is 26.8. The molecule has 2 aliphatic rings. The normalized spacial score (nSPS) is 18.6. The predicted octanol–water partition coefficient (Wildman–Crippen LogP) is 5.91. The largest absolute Gasteiger partial charge is 0.368 e. The van der Waals surface area contributed by atoms with Gasteiger partial charge in [-0.25, -0.2) is 4.98 Å². The Balaban J connectivity index is 1.14. The summed E-state index contributed by atoms with van der Waals surface area (Å²) in [5, 5.41) is 0. The fraction of sp³-hybridized carbons (Fsp3) is 0.375. The summed E-state index contributed by atoms with van der Waals surface area (Å²) in [7, 11) is 0. The topological polar surface area (TPSA) is 44.6 Å². The molecule has 0 radical (unpaired) electrons. The van der Waals surface area contributed by atoms with E-state index in [4.69, 9.17) is 4.98 Å². The summed E-state index contributed by atoms with van der Waals surface area (Å²) in [5.74, 6) is 1.40. The lowest BCUT2D eigenvalue weighted by molar-refractivity contribution is -0.137. The van der Waals surface area contributed by atoms with Crippen LogP contribution in [0.2, 0.25) is 0 Å². The molecule has 39 heavy (non-hydrogen) atoms. The molecule has 1 aromatic heterocycles. The van der Waals surface area contributed by atoms with Crippen LogP contribution in [0.25, 0.3) is 16.7 Å². The number of aromatic nitrogens is 2. The zero-order valence-corrected chi connectivity index (χ0v) is 24.2. The lowest BCUT2D eigenvalue weighted by Crippen LogP contribution is -2.52. The number of likely N-dealkylation sites (tertiary alicyclic amines) is 1. The highest BCUT2D eigenvalue weighted by Gasteiger charge is 2.32. The highest BCUT2D eigenvalue weighted by atomic mass is 79.9. The maximum atomic E-state index is 13.6. The minimum atomic E-state index is 0.0544. The molecule has 6 nitrogen and oxygen atoms in total. The second-order valence-corrected chi connectivity index (χ2v) is 11.6. The molecule has 2 saturated heterocycles. The minimum Gasteiger partial charge on any atom is -0.368 e. The zero-order valence-electron chi connectivity index (χ0n) is 22.6. The molecule has 3 heterocycles. The Labute approximate surface area is 239 Å². The van der Waals surface area contributed by atoms with Gasteiger partial charge in [-0.05, 0) is 73.8 Å². The Hall–Kier alpha value is -3.16. The molecule has 2 fully saturated rings. The number of imidazole rings is 1. The van der Waals surface area contributed by atoms with Crippen molar-refractivity contribution in [3.05, 3.63) is 88.7 Å². The Morgan fingerprint density at radius 3 is 2.46 bits per heavy atom. The Bertz CT molecular complexity index is 1440. The average molecular weight is 587 g/mol. The lowest BCUT2D eigenvalue weighted by Gasteiger charge is -2.40. The van der Waals surface area contributed by atoms with E-state index < -0.39 is 0 Å². The van der Waals surface area contributed by atoms with Gasteiger partial charge in [0.15, 0.2) is 0 Å². The van der Waals surface area contributed by atoms with Crippen LogP contribution in [0.15, 0.2) is 77.3 Å². The molecule has 0 spiro atoms. The third-order valence-electron chi connectivity index (χ3n) is 8.24. The summed E-state index contributed by atoms with van der Waals surface area (Å²) in [6, 6.07) is 25.4. The van der Waals surface area contributed by atoms with E-state index in [1.165, 1.54) is 11.3 Å². The van der Waals surface area contributed by atoms with E-state index in [0.29, 0.717) is 5.91 Å². The number of nitrogens with zero attached hydrogens (tertiary/aromatic N) is 5. The molecule has 7 heteroatoms. The van der Waals surface area contributed by atoms with Crippen molar-refractivity contribution in [2.24, 2.45) is 5.92 Å². The van der Waals surface area contributed by atoms with Crippen molar-refractivity contribution in [1.82, 2.24) is 19.4 Å². The van der Waals surface area contributed by atoms with Crippen LogP contribution in [0.3, 0.4) is 0 Å². The van der Waals surface area contributed by atoms with E-state index in [2.05, 4.69) is 109 Å². The Kier molecular flexibility index (Phi) is 7.71. The Morgan fingerprint density at radius 1 is 0.923 bits per heavy atom. The molecule has 6 rings (SSSR count). The van der Waals surface area contributed by atoms with Crippen molar-refractivity contribution < 1.29 is 4.79 Å². The van der Waals surface area contributed by atoms with Crippen molar-refractivity contribution in [1.29, 1.82) is 0 Å². The molecule has 0 aliphatic carbocycles. The minimum absolute atomic E-state index is 0.0544. The molecule has 0 bridgehead atoms. The molecule has 202 valence electrons. The molecule has 0 N–H and O–H groups in total. The first-order valence-corrected chi connectivity index (χ1v) is 15.0. The number of hydrogen-bond acceptors (Lipinski definition) is 4. The van der Waals surface area contributed by atoms with Crippen LogP contribution >= 0.6 is 15.9 Å². The van der Waals surface area contributed by atoms with Crippen LogP contribution in [0.1, 0.15) is 31.2 Å². The molecular weight excluding hydrogens is 550 g/mol. The molecule has 0 saturated carbocycles. The number of anilines is 1. The number of piperidine rings is 1. The fourth-order valence-electron chi connectivity index (χ4n) is 6.21. The molecule has 4 aromatic rings. The van der Waals surface area contributed by atoms with Gasteiger partial charge < -0.3 is 9.80 Å². The molecular formula is C32H36BrN5O. The first kappa shape index (κ1) is 26.1. The van der Waals surface area contributed by atoms with Gasteiger partial charge in [0, 0.05) is 48.6 Å². The maximum absolute atomic E-state index is 13.6. The van der Waals surface area contributed by atoms with E-state index in [-0.39, 0.29) is 5.92 Å². The van der Waals surface area contributed by atoms with Crippen LogP contribution in [0.4, 0.5) is 5.69 Å². The van der Waals surface area contributed by atoms with Crippen molar-refractivity contribution in [3.63, 3.8) is 0 Å². The number of carbonyl (C=O) groups is 1. The summed E-state index contributed by atoms with van der Waals surface area (Å²) in [4.78, 5) is 25.6. The molecule has 2 aliphatic heterocycles. The highest BCUT2D eigenvalue weighted by Crippen LogP contribution is 2.27. The number of rotatable bonds is 6. The summed E-state index contributed by atoms with van der Waals surface area (Å²) in [6.07, 6.45) is 3.04. The monoisotopic (exact) mass is 585 g/mol. The smallest absolute Gasteiger partial charge is 0.227 e. The Morgan fingerprint density at radius 2 is 1.67 bits per heavy atom. The van der Waals surface area contributed by atoms with Gasteiger partial charge in [0.2, 0.25) is 5.91 Å². The quantitative estimate of drug-likeness (QED) is 0.282. The number of benzene rings is 3. The van der Waals surface area contributed by atoms with Crippen LogP contribution in [-0.4, -0.2) is 64.5 Å². The number of halogens is 1. The van der Waals surface area contributed by atoms with Crippen molar-refractivity contribution in [2.45, 2.75) is 32.7 Å². The van der Waals surface area contributed by atoms with E-state index in [1.54, 1.807) is 0 Å². The van der Waals surface area contributed by atoms with Crippen molar-refractivity contribution in [3.8, 4) is 5.69 Å². The fourth-order valence-corrected chi connectivity index (χ4v) is 6.47. The van der Waals surface area contributed by atoms with Gasteiger partial charge >= 0.3 is 0 Å². The number of fused-ring (bicyclic) bond motifs is 1. The summed E-state index contributed by atoms with van der Waals surface area (Å²) >= 11 is 3.56. The van der Waals surface area contributed by atoms with Gasteiger partial charge in [0.25, 0.3) is 0 Å².